The Morgan fingerprint density at radius 3 is 2.91 bits per heavy atom. The van der Waals surface area contributed by atoms with Gasteiger partial charge in [0, 0.05) is 17.5 Å². The van der Waals surface area contributed by atoms with Gasteiger partial charge in [-0.15, -0.1) is 0 Å². The molecule has 5 nitrogen and oxygen atoms in total. The Labute approximate surface area is 136 Å². The van der Waals surface area contributed by atoms with E-state index in [2.05, 4.69) is 11.8 Å². The Bertz CT molecular complexity index is 625. The Balaban J connectivity index is 1.52. The van der Waals surface area contributed by atoms with Crippen LogP contribution >= 0.6 is 0 Å². The molecule has 1 N–H and O–H groups in total. The Morgan fingerprint density at radius 1 is 1.35 bits per heavy atom. The normalized spacial score (nSPS) is 31.0. The summed E-state index contributed by atoms with van der Waals surface area (Å²) in [5.41, 5.74) is 0.865. The van der Waals surface area contributed by atoms with Gasteiger partial charge >= 0.3 is 0 Å². The summed E-state index contributed by atoms with van der Waals surface area (Å²) in [6.45, 7) is 2.55. The van der Waals surface area contributed by atoms with Crippen LogP contribution < -0.4 is 9.47 Å². The van der Waals surface area contributed by atoms with Crippen molar-refractivity contribution < 1.29 is 19.4 Å². The monoisotopic (exact) mass is 317 g/mol. The first kappa shape index (κ1) is 14.8. The van der Waals surface area contributed by atoms with Gasteiger partial charge in [-0.05, 0) is 43.4 Å². The molecule has 4 rings (SSSR count). The smallest absolute Gasteiger partial charge is 0.231 e. The summed E-state index contributed by atoms with van der Waals surface area (Å²) < 4.78 is 10.7. The van der Waals surface area contributed by atoms with E-state index in [1.54, 1.807) is 0 Å². The second kappa shape index (κ2) is 5.41. The minimum absolute atomic E-state index is 0.0898. The van der Waals surface area contributed by atoms with Crippen LogP contribution in [0.3, 0.4) is 0 Å². The van der Waals surface area contributed by atoms with Crippen LogP contribution in [0.5, 0.6) is 11.5 Å². The topological polar surface area (TPSA) is 59.0 Å². The molecule has 2 bridgehead atoms. The van der Waals surface area contributed by atoms with Crippen molar-refractivity contribution in [3.05, 3.63) is 23.8 Å². The summed E-state index contributed by atoms with van der Waals surface area (Å²) in [7, 11) is 0. The molecule has 2 fully saturated rings. The van der Waals surface area contributed by atoms with Crippen molar-refractivity contribution in [1.82, 2.24) is 4.90 Å². The highest BCUT2D eigenvalue weighted by atomic mass is 16.7. The van der Waals surface area contributed by atoms with Crippen LogP contribution in [0.15, 0.2) is 18.2 Å². The molecule has 0 aliphatic carbocycles. The zero-order chi connectivity index (χ0) is 16.0. The van der Waals surface area contributed by atoms with Crippen LogP contribution in [0.2, 0.25) is 0 Å². The fraction of sp³-hybridized carbons (Fsp3) is 0.611. The molecule has 0 saturated carbocycles. The van der Waals surface area contributed by atoms with Crippen LogP contribution in [-0.2, 0) is 11.2 Å². The highest BCUT2D eigenvalue weighted by Crippen LogP contribution is 2.51. The summed E-state index contributed by atoms with van der Waals surface area (Å²) in [6.07, 6.45) is 4.34. The molecule has 2 saturated heterocycles. The van der Waals surface area contributed by atoms with E-state index in [0.717, 1.165) is 42.7 Å². The van der Waals surface area contributed by atoms with Gasteiger partial charge in [-0.2, -0.15) is 0 Å². The third kappa shape index (κ3) is 2.21. The average Bonchev–Trinajstić information content (AvgIpc) is 3.26. The molecular formula is C18H23NO4. The fourth-order valence-corrected chi connectivity index (χ4v) is 4.65. The molecule has 0 aromatic heterocycles. The summed E-state index contributed by atoms with van der Waals surface area (Å²) >= 11 is 0. The lowest BCUT2D eigenvalue weighted by atomic mass is 9.72. The van der Waals surface area contributed by atoms with Crippen LogP contribution in [-0.4, -0.2) is 41.4 Å². The predicted molar refractivity (Wildman–Crippen MR) is 84.4 cm³/mol. The zero-order valence-electron chi connectivity index (χ0n) is 13.5. The third-order valence-corrected chi connectivity index (χ3v) is 5.95. The molecule has 0 radical (unpaired) electrons. The van der Waals surface area contributed by atoms with E-state index in [1.807, 2.05) is 18.2 Å². The first-order valence-corrected chi connectivity index (χ1v) is 8.47. The number of fused-ring (bicyclic) bond motifs is 3. The molecule has 0 unspecified atom stereocenters. The molecule has 23 heavy (non-hydrogen) atoms. The predicted octanol–water partition coefficient (Wildman–Crippen LogP) is 2.11. The number of nitrogens with zero attached hydrogens (tertiary/aromatic N) is 1. The number of amides is 1. The molecule has 1 aromatic carbocycles. The van der Waals surface area contributed by atoms with Gasteiger partial charge in [-0.3, -0.25) is 4.79 Å². The second-order valence-corrected chi connectivity index (χ2v) is 6.99. The molecule has 5 heteroatoms. The molecule has 124 valence electrons. The van der Waals surface area contributed by atoms with Gasteiger partial charge in [0.15, 0.2) is 11.5 Å². The molecule has 1 aromatic rings. The number of carbonyl (C=O) groups is 1. The first-order chi connectivity index (χ1) is 11.2. The van der Waals surface area contributed by atoms with E-state index in [-0.39, 0.29) is 30.8 Å². The SMILES string of the molecule is CC[C@@]1(CO)C[C@@H]2CC[C@H]1N2C(=O)Cc1ccc2c(c1)OCO2. The largest absolute Gasteiger partial charge is 0.454 e. The highest BCUT2D eigenvalue weighted by molar-refractivity contribution is 5.80. The molecule has 3 heterocycles. The number of rotatable bonds is 4. The summed E-state index contributed by atoms with van der Waals surface area (Å²) in [6, 6.07) is 6.20. The van der Waals surface area contributed by atoms with Gasteiger partial charge in [0.05, 0.1) is 13.0 Å². The van der Waals surface area contributed by atoms with Gasteiger partial charge < -0.3 is 19.5 Å². The van der Waals surface area contributed by atoms with E-state index in [4.69, 9.17) is 9.47 Å². The molecule has 0 spiro atoms. The zero-order valence-corrected chi connectivity index (χ0v) is 13.5. The van der Waals surface area contributed by atoms with Gasteiger partial charge in [0.2, 0.25) is 12.7 Å². The summed E-state index contributed by atoms with van der Waals surface area (Å²) in [5.74, 6) is 1.63. The minimum atomic E-state index is -0.0898. The van der Waals surface area contributed by atoms with E-state index < -0.39 is 0 Å². The lowest BCUT2D eigenvalue weighted by Crippen LogP contribution is -2.42. The maximum Gasteiger partial charge on any atom is 0.231 e. The Hall–Kier alpha value is -1.75. The van der Waals surface area contributed by atoms with E-state index >= 15 is 0 Å². The summed E-state index contributed by atoms with van der Waals surface area (Å²) in [4.78, 5) is 14.9. The van der Waals surface area contributed by atoms with Crippen LogP contribution in [0.4, 0.5) is 0 Å². The number of ether oxygens (including phenoxy) is 2. The number of hydrogen-bond donors (Lipinski definition) is 1. The quantitative estimate of drug-likeness (QED) is 0.924. The lowest BCUT2D eigenvalue weighted by Gasteiger charge is -2.34. The number of aliphatic hydroxyl groups excluding tert-OH is 1. The number of hydrogen-bond acceptors (Lipinski definition) is 4. The van der Waals surface area contributed by atoms with E-state index in [0.29, 0.717) is 12.5 Å². The van der Waals surface area contributed by atoms with E-state index in [9.17, 15) is 9.90 Å². The van der Waals surface area contributed by atoms with Gasteiger partial charge in [-0.1, -0.05) is 13.0 Å². The molecule has 3 aliphatic heterocycles. The third-order valence-electron chi connectivity index (χ3n) is 5.95. The van der Waals surface area contributed by atoms with Crippen LogP contribution in [0.1, 0.15) is 38.2 Å². The van der Waals surface area contributed by atoms with Crippen LogP contribution in [0.25, 0.3) is 0 Å². The van der Waals surface area contributed by atoms with Crippen molar-refractivity contribution in [2.24, 2.45) is 5.41 Å². The molecule has 1 amide bonds. The standard InChI is InChI=1S/C18H23NO4/c1-2-18(10-20)9-13-4-6-16(18)19(13)17(21)8-12-3-5-14-15(7-12)23-11-22-14/h3,5,7,13,16,20H,2,4,6,8-11H2,1H3/t13-,16+,18-/m0/s1. The Morgan fingerprint density at radius 2 is 2.17 bits per heavy atom. The van der Waals surface area contributed by atoms with Crippen molar-refractivity contribution in [2.75, 3.05) is 13.4 Å². The number of benzene rings is 1. The average molecular weight is 317 g/mol. The van der Waals surface area contributed by atoms with Crippen molar-refractivity contribution in [3.63, 3.8) is 0 Å². The van der Waals surface area contributed by atoms with Crippen molar-refractivity contribution in [2.45, 2.75) is 51.1 Å². The van der Waals surface area contributed by atoms with Gasteiger partial charge in [0.25, 0.3) is 0 Å². The maximum absolute atomic E-state index is 12.9. The lowest BCUT2D eigenvalue weighted by molar-refractivity contribution is -0.132. The second-order valence-electron chi connectivity index (χ2n) is 6.99. The Kier molecular flexibility index (Phi) is 3.48. The highest BCUT2D eigenvalue weighted by Gasteiger charge is 2.55. The van der Waals surface area contributed by atoms with Crippen molar-refractivity contribution >= 4 is 5.91 Å². The molecule has 3 atom stereocenters. The molecular weight excluding hydrogens is 294 g/mol. The van der Waals surface area contributed by atoms with Crippen LogP contribution in [0, 0.1) is 5.41 Å². The minimum Gasteiger partial charge on any atom is -0.454 e. The van der Waals surface area contributed by atoms with Gasteiger partial charge in [0.1, 0.15) is 0 Å². The maximum atomic E-state index is 12.9. The first-order valence-electron chi connectivity index (χ1n) is 8.47. The number of carbonyl (C=O) groups excluding carboxylic acids is 1. The van der Waals surface area contributed by atoms with Crippen molar-refractivity contribution in [1.29, 1.82) is 0 Å². The van der Waals surface area contributed by atoms with E-state index in [1.165, 1.54) is 0 Å². The fourth-order valence-electron chi connectivity index (χ4n) is 4.65. The molecule has 3 aliphatic rings. The van der Waals surface area contributed by atoms with Crippen molar-refractivity contribution in [3.8, 4) is 11.5 Å². The summed E-state index contributed by atoms with van der Waals surface area (Å²) in [5, 5.41) is 9.87. The van der Waals surface area contributed by atoms with Gasteiger partial charge in [-0.25, -0.2) is 0 Å². The number of aliphatic hydroxyl groups is 1.